The van der Waals surface area contributed by atoms with Crippen LogP contribution < -0.4 is 10.6 Å². The van der Waals surface area contributed by atoms with E-state index >= 15 is 0 Å². The summed E-state index contributed by atoms with van der Waals surface area (Å²) in [5.74, 6) is 0.896. The van der Waals surface area contributed by atoms with Crippen LogP contribution in [0.3, 0.4) is 0 Å². The minimum Gasteiger partial charge on any atom is -0.389 e. The Hall–Kier alpha value is -1.20. The van der Waals surface area contributed by atoms with Crippen molar-refractivity contribution in [3.8, 4) is 0 Å². The summed E-state index contributed by atoms with van der Waals surface area (Å²) in [6.45, 7) is 9.74. The molecule has 104 valence electrons. The molecule has 5 heteroatoms. The molecule has 0 radical (unpaired) electrons. The number of nitrogens with zero attached hydrogens (tertiary/aromatic N) is 2. The van der Waals surface area contributed by atoms with Crippen molar-refractivity contribution in [1.82, 2.24) is 4.98 Å². The molecule has 2 unspecified atom stereocenters. The first-order valence-electron chi connectivity index (χ1n) is 6.56. The molecule has 1 aliphatic rings. The lowest BCUT2D eigenvalue weighted by Gasteiger charge is -2.38. The molecular formula is C14H21N3OS. The number of aromatic nitrogens is 1. The van der Waals surface area contributed by atoms with Crippen molar-refractivity contribution in [2.24, 2.45) is 5.73 Å². The Balaban J connectivity index is 2.50. The van der Waals surface area contributed by atoms with Gasteiger partial charge in [-0.3, -0.25) is 0 Å². The maximum Gasteiger partial charge on any atom is 0.139 e. The molecule has 2 rings (SSSR count). The van der Waals surface area contributed by atoms with Gasteiger partial charge >= 0.3 is 0 Å². The van der Waals surface area contributed by atoms with Gasteiger partial charge in [-0.2, -0.15) is 0 Å². The van der Waals surface area contributed by atoms with Crippen LogP contribution in [0.1, 0.15) is 30.7 Å². The number of morpholine rings is 1. The van der Waals surface area contributed by atoms with Crippen molar-refractivity contribution in [1.29, 1.82) is 0 Å². The van der Waals surface area contributed by atoms with Crippen molar-refractivity contribution in [2.45, 2.75) is 39.8 Å². The topological polar surface area (TPSA) is 51.4 Å². The van der Waals surface area contributed by atoms with Gasteiger partial charge in [0, 0.05) is 12.2 Å². The molecule has 4 nitrogen and oxygen atoms in total. The van der Waals surface area contributed by atoms with Gasteiger partial charge in [-0.25, -0.2) is 4.98 Å². The van der Waals surface area contributed by atoms with Gasteiger partial charge in [-0.1, -0.05) is 12.2 Å². The molecule has 2 N–H and O–H groups in total. The first kappa shape index (κ1) is 14.2. The molecule has 2 atom stereocenters. The van der Waals surface area contributed by atoms with E-state index < -0.39 is 0 Å². The molecular weight excluding hydrogens is 258 g/mol. The SMILES string of the molecule is Cc1cc(C)c(C(N)=S)c(N2CC(C)OCC2C)n1. The third-order valence-electron chi connectivity index (χ3n) is 3.45. The van der Waals surface area contributed by atoms with Gasteiger partial charge in [0.05, 0.1) is 24.3 Å². The monoisotopic (exact) mass is 279 g/mol. The number of rotatable bonds is 2. The van der Waals surface area contributed by atoms with E-state index in [2.05, 4.69) is 23.7 Å². The highest BCUT2D eigenvalue weighted by atomic mass is 32.1. The maximum atomic E-state index is 5.89. The second kappa shape index (κ2) is 5.43. The third kappa shape index (κ3) is 2.87. The fraction of sp³-hybridized carbons (Fsp3) is 0.571. The maximum absolute atomic E-state index is 5.89. The van der Waals surface area contributed by atoms with Crippen molar-refractivity contribution >= 4 is 23.0 Å². The summed E-state index contributed by atoms with van der Waals surface area (Å²) in [6.07, 6.45) is 0.193. The normalized spacial score (nSPS) is 23.5. The van der Waals surface area contributed by atoms with Gasteiger partial charge in [-0.05, 0) is 39.3 Å². The Bertz CT molecular complexity index is 504. The Morgan fingerprint density at radius 1 is 1.47 bits per heavy atom. The molecule has 2 heterocycles. The number of thiocarbonyl (C=S) groups is 1. The van der Waals surface area contributed by atoms with Gasteiger partial charge in [0.1, 0.15) is 10.8 Å². The van der Waals surface area contributed by atoms with Crippen LogP contribution in [0.25, 0.3) is 0 Å². The number of ether oxygens (including phenoxy) is 1. The molecule has 0 aliphatic carbocycles. The minimum absolute atomic E-state index is 0.193. The molecule has 0 aromatic carbocycles. The molecule has 19 heavy (non-hydrogen) atoms. The first-order valence-corrected chi connectivity index (χ1v) is 6.97. The van der Waals surface area contributed by atoms with E-state index in [9.17, 15) is 0 Å². The molecule has 1 fully saturated rings. The summed E-state index contributed by atoms with van der Waals surface area (Å²) in [4.78, 5) is 7.33. The predicted octanol–water partition coefficient (Wildman–Crippen LogP) is 1.95. The average Bonchev–Trinajstić information content (AvgIpc) is 2.30. The molecule has 0 saturated carbocycles. The standard InChI is InChI=1S/C14H21N3OS/c1-8-5-9(2)16-14(12(8)13(15)19)17-6-11(4)18-7-10(17)3/h5,10-11H,6-7H2,1-4H3,(H2,15,19). The summed E-state index contributed by atoms with van der Waals surface area (Å²) in [6, 6.07) is 2.30. The first-order chi connectivity index (χ1) is 8.90. The highest BCUT2D eigenvalue weighted by Crippen LogP contribution is 2.26. The number of aryl methyl sites for hydroxylation is 2. The van der Waals surface area contributed by atoms with E-state index in [4.69, 9.17) is 22.7 Å². The van der Waals surface area contributed by atoms with Crippen LogP contribution in [-0.4, -0.2) is 35.3 Å². The Kier molecular flexibility index (Phi) is 4.06. The van der Waals surface area contributed by atoms with Crippen LogP contribution in [0.2, 0.25) is 0 Å². The summed E-state index contributed by atoms with van der Waals surface area (Å²) < 4.78 is 5.67. The van der Waals surface area contributed by atoms with Crippen LogP contribution in [0.5, 0.6) is 0 Å². The van der Waals surface area contributed by atoms with Gasteiger partial charge in [0.25, 0.3) is 0 Å². The van der Waals surface area contributed by atoms with E-state index in [1.165, 1.54) is 0 Å². The van der Waals surface area contributed by atoms with Crippen LogP contribution in [0.4, 0.5) is 5.82 Å². The zero-order valence-electron chi connectivity index (χ0n) is 11.9. The second-order valence-electron chi connectivity index (χ2n) is 5.29. The van der Waals surface area contributed by atoms with Gasteiger partial charge in [0.2, 0.25) is 0 Å². The van der Waals surface area contributed by atoms with Gasteiger partial charge in [-0.15, -0.1) is 0 Å². The number of hydrogen-bond acceptors (Lipinski definition) is 4. The van der Waals surface area contributed by atoms with Gasteiger partial charge in [0.15, 0.2) is 0 Å². The minimum atomic E-state index is 0.193. The Morgan fingerprint density at radius 2 is 2.16 bits per heavy atom. The summed E-state index contributed by atoms with van der Waals surface area (Å²) in [5, 5.41) is 0. The van der Waals surface area contributed by atoms with E-state index in [1.807, 2.05) is 19.9 Å². The largest absolute Gasteiger partial charge is 0.389 e. The molecule has 1 aromatic rings. The van der Waals surface area contributed by atoms with Crippen molar-refractivity contribution < 1.29 is 4.74 Å². The number of hydrogen-bond donors (Lipinski definition) is 1. The highest BCUT2D eigenvalue weighted by Gasteiger charge is 2.27. The zero-order valence-corrected chi connectivity index (χ0v) is 12.8. The number of pyridine rings is 1. The Morgan fingerprint density at radius 3 is 2.79 bits per heavy atom. The molecule has 0 spiro atoms. The van der Waals surface area contributed by atoms with E-state index in [0.717, 1.165) is 29.2 Å². The second-order valence-corrected chi connectivity index (χ2v) is 5.73. The third-order valence-corrected chi connectivity index (χ3v) is 3.66. The van der Waals surface area contributed by atoms with E-state index in [1.54, 1.807) is 0 Å². The fourth-order valence-corrected chi connectivity index (χ4v) is 2.78. The van der Waals surface area contributed by atoms with E-state index in [-0.39, 0.29) is 12.1 Å². The lowest BCUT2D eigenvalue weighted by molar-refractivity contribution is 0.0340. The van der Waals surface area contributed by atoms with Crippen molar-refractivity contribution in [3.05, 3.63) is 22.9 Å². The van der Waals surface area contributed by atoms with Gasteiger partial charge < -0.3 is 15.4 Å². The molecule has 0 bridgehead atoms. The number of nitrogens with two attached hydrogens (primary N) is 1. The smallest absolute Gasteiger partial charge is 0.139 e. The van der Waals surface area contributed by atoms with Crippen LogP contribution in [0.15, 0.2) is 6.07 Å². The quantitative estimate of drug-likeness (QED) is 0.839. The molecule has 1 aliphatic heterocycles. The Labute approximate surface area is 120 Å². The lowest BCUT2D eigenvalue weighted by Crippen LogP contribution is -2.48. The molecule has 1 saturated heterocycles. The van der Waals surface area contributed by atoms with Crippen molar-refractivity contribution in [3.63, 3.8) is 0 Å². The average molecular weight is 279 g/mol. The van der Waals surface area contributed by atoms with Crippen LogP contribution >= 0.6 is 12.2 Å². The highest BCUT2D eigenvalue weighted by molar-refractivity contribution is 7.80. The van der Waals surface area contributed by atoms with Crippen LogP contribution in [-0.2, 0) is 4.74 Å². The number of anilines is 1. The predicted molar refractivity (Wildman–Crippen MR) is 81.8 cm³/mol. The fourth-order valence-electron chi connectivity index (χ4n) is 2.53. The van der Waals surface area contributed by atoms with Crippen LogP contribution in [0, 0.1) is 13.8 Å². The summed E-state index contributed by atoms with van der Waals surface area (Å²) >= 11 is 5.20. The molecule has 1 aromatic heterocycles. The summed E-state index contributed by atoms with van der Waals surface area (Å²) in [5.41, 5.74) is 8.85. The van der Waals surface area contributed by atoms with Crippen molar-refractivity contribution in [2.75, 3.05) is 18.1 Å². The summed E-state index contributed by atoms with van der Waals surface area (Å²) in [7, 11) is 0. The van der Waals surface area contributed by atoms with E-state index in [0.29, 0.717) is 11.6 Å². The molecule has 0 amide bonds. The zero-order chi connectivity index (χ0) is 14.2. The lowest BCUT2D eigenvalue weighted by atomic mass is 10.1.